The van der Waals surface area contributed by atoms with Crippen LogP contribution in [0.4, 0.5) is 0 Å². The maximum atomic E-state index is 12.9. The third-order valence-corrected chi connectivity index (χ3v) is 5.96. The van der Waals surface area contributed by atoms with Gasteiger partial charge in [-0.3, -0.25) is 14.4 Å². The SMILES string of the molecule is CC(C)[C@@H]1COc2ccc(Cl)cc2C(=O)NCCCCN(C(=O)CCn2ccnc2)CC(=O)N1. The standard InChI is InChI=1S/C24H32ClN5O4/c1-17(2)20-15-34-21-6-5-18(25)13-19(21)24(33)27-8-3-4-10-30(14-22(31)28-20)23(32)7-11-29-12-9-26-16-29/h5-6,9,12-13,16-17,20H,3-4,7-8,10-11,14-15H2,1-2H3,(H,27,33)(H,28,31)/t20-/m0/s1. The predicted molar refractivity (Wildman–Crippen MR) is 129 cm³/mol. The van der Waals surface area contributed by atoms with Gasteiger partial charge in [-0.2, -0.15) is 0 Å². The Hall–Kier alpha value is -3.07. The third kappa shape index (κ3) is 7.48. The summed E-state index contributed by atoms with van der Waals surface area (Å²) in [4.78, 5) is 44.1. The molecule has 10 heteroatoms. The fourth-order valence-corrected chi connectivity index (χ4v) is 3.80. The number of nitrogens with one attached hydrogen (secondary N) is 2. The highest BCUT2D eigenvalue weighted by molar-refractivity contribution is 6.31. The Morgan fingerprint density at radius 1 is 1.29 bits per heavy atom. The van der Waals surface area contributed by atoms with Gasteiger partial charge in [-0.1, -0.05) is 25.4 Å². The Morgan fingerprint density at radius 3 is 2.85 bits per heavy atom. The zero-order chi connectivity index (χ0) is 24.5. The third-order valence-electron chi connectivity index (χ3n) is 5.73. The summed E-state index contributed by atoms with van der Waals surface area (Å²) in [5.41, 5.74) is 0.354. The van der Waals surface area contributed by atoms with E-state index in [9.17, 15) is 14.4 Å². The van der Waals surface area contributed by atoms with E-state index in [1.807, 2.05) is 18.4 Å². The van der Waals surface area contributed by atoms with Crippen molar-refractivity contribution in [3.8, 4) is 5.75 Å². The maximum absolute atomic E-state index is 12.9. The van der Waals surface area contributed by atoms with Gasteiger partial charge in [0.15, 0.2) is 0 Å². The largest absolute Gasteiger partial charge is 0.491 e. The maximum Gasteiger partial charge on any atom is 0.255 e. The predicted octanol–water partition coefficient (Wildman–Crippen LogP) is 2.50. The van der Waals surface area contributed by atoms with E-state index in [1.54, 1.807) is 41.8 Å². The molecule has 1 aromatic carbocycles. The van der Waals surface area contributed by atoms with Crippen LogP contribution in [-0.4, -0.2) is 64.5 Å². The van der Waals surface area contributed by atoms with Crippen LogP contribution in [0.15, 0.2) is 36.9 Å². The van der Waals surface area contributed by atoms with Gasteiger partial charge in [0, 0.05) is 43.5 Å². The molecule has 2 aromatic rings. The number of imidazole rings is 1. The molecule has 0 bridgehead atoms. The lowest BCUT2D eigenvalue weighted by molar-refractivity contribution is -0.136. The first-order chi connectivity index (χ1) is 16.3. The molecule has 0 aliphatic carbocycles. The first-order valence-electron chi connectivity index (χ1n) is 11.6. The van der Waals surface area contributed by atoms with Crippen molar-refractivity contribution in [2.45, 2.75) is 45.7 Å². The van der Waals surface area contributed by atoms with Crippen LogP contribution in [0.3, 0.4) is 0 Å². The molecule has 0 fully saturated rings. The van der Waals surface area contributed by atoms with Crippen LogP contribution >= 0.6 is 11.6 Å². The Morgan fingerprint density at radius 2 is 2.12 bits per heavy atom. The van der Waals surface area contributed by atoms with Gasteiger partial charge in [-0.15, -0.1) is 0 Å². The molecule has 0 saturated carbocycles. The second-order valence-electron chi connectivity index (χ2n) is 8.70. The fourth-order valence-electron chi connectivity index (χ4n) is 3.63. The number of halogens is 1. The van der Waals surface area contributed by atoms with Crippen molar-refractivity contribution in [3.05, 3.63) is 47.5 Å². The summed E-state index contributed by atoms with van der Waals surface area (Å²) < 4.78 is 7.77. The molecular formula is C24H32ClN5O4. The molecule has 1 aromatic heterocycles. The Kier molecular flexibility index (Phi) is 9.33. The molecule has 184 valence electrons. The fraction of sp³-hybridized carbons (Fsp3) is 0.500. The summed E-state index contributed by atoms with van der Waals surface area (Å²) in [5.74, 6) is -0.122. The highest BCUT2D eigenvalue weighted by Crippen LogP contribution is 2.23. The number of carbonyl (C=O) groups excluding carboxylic acids is 3. The van der Waals surface area contributed by atoms with Gasteiger partial charge in [0.25, 0.3) is 5.91 Å². The number of fused-ring (bicyclic) bond motifs is 1. The highest BCUT2D eigenvalue weighted by Gasteiger charge is 2.23. The second kappa shape index (κ2) is 12.4. The molecule has 0 spiro atoms. The number of benzene rings is 1. The van der Waals surface area contributed by atoms with Crippen LogP contribution < -0.4 is 15.4 Å². The van der Waals surface area contributed by atoms with Gasteiger partial charge in [-0.25, -0.2) is 4.98 Å². The number of aromatic nitrogens is 2. The van der Waals surface area contributed by atoms with Crippen molar-refractivity contribution < 1.29 is 19.1 Å². The monoisotopic (exact) mass is 489 g/mol. The molecule has 3 rings (SSSR count). The van der Waals surface area contributed by atoms with E-state index >= 15 is 0 Å². The summed E-state index contributed by atoms with van der Waals surface area (Å²) >= 11 is 6.10. The molecule has 1 atom stereocenters. The van der Waals surface area contributed by atoms with E-state index in [-0.39, 0.29) is 49.3 Å². The lowest BCUT2D eigenvalue weighted by Gasteiger charge is -2.26. The van der Waals surface area contributed by atoms with Crippen molar-refractivity contribution >= 4 is 29.3 Å². The molecule has 1 aliphatic rings. The molecule has 0 radical (unpaired) electrons. The number of carbonyl (C=O) groups is 3. The van der Waals surface area contributed by atoms with E-state index in [0.717, 1.165) is 0 Å². The summed E-state index contributed by atoms with van der Waals surface area (Å²) in [7, 11) is 0. The Labute approximate surface area is 204 Å². The first-order valence-corrected chi connectivity index (χ1v) is 11.9. The lowest BCUT2D eigenvalue weighted by Crippen LogP contribution is -2.48. The van der Waals surface area contributed by atoms with Gasteiger partial charge in [-0.05, 0) is 37.0 Å². The topological polar surface area (TPSA) is 106 Å². The second-order valence-corrected chi connectivity index (χ2v) is 9.13. The molecule has 0 unspecified atom stereocenters. The average Bonchev–Trinajstić information content (AvgIpc) is 3.32. The van der Waals surface area contributed by atoms with Crippen LogP contribution in [0.1, 0.15) is 43.5 Å². The summed E-state index contributed by atoms with van der Waals surface area (Å²) in [6, 6.07) is 4.61. The molecule has 3 amide bonds. The summed E-state index contributed by atoms with van der Waals surface area (Å²) in [5, 5.41) is 6.33. The van der Waals surface area contributed by atoms with Crippen LogP contribution in [0.5, 0.6) is 5.75 Å². The number of ether oxygens (including phenoxy) is 1. The Bertz CT molecular complexity index is 980. The highest BCUT2D eigenvalue weighted by atomic mass is 35.5. The first kappa shape index (κ1) is 25.6. The molecule has 9 nitrogen and oxygen atoms in total. The summed E-state index contributed by atoms with van der Waals surface area (Å²) in [6.45, 7) is 5.47. The van der Waals surface area contributed by atoms with Crippen molar-refractivity contribution in [2.75, 3.05) is 26.2 Å². The van der Waals surface area contributed by atoms with Crippen LogP contribution in [-0.2, 0) is 16.1 Å². The zero-order valence-corrected chi connectivity index (χ0v) is 20.4. The normalized spacial score (nSPS) is 18.2. The minimum Gasteiger partial charge on any atom is -0.491 e. The van der Waals surface area contributed by atoms with Gasteiger partial charge in [0.1, 0.15) is 12.4 Å². The van der Waals surface area contributed by atoms with Gasteiger partial charge >= 0.3 is 0 Å². The van der Waals surface area contributed by atoms with E-state index < -0.39 is 0 Å². The van der Waals surface area contributed by atoms with Crippen molar-refractivity contribution in [1.29, 1.82) is 0 Å². The number of aryl methyl sites for hydroxylation is 1. The number of amides is 3. The summed E-state index contributed by atoms with van der Waals surface area (Å²) in [6.07, 6.45) is 6.70. The van der Waals surface area contributed by atoms with E-state index in [2.05, 4.69) is 15.6 Å². The molecule has 34 heavy (non-hydrogen) atoms. The minimum atomic E-state index is -0.299. The molecular weight excluding hydrogens is 458 g/mol. The number of hydrogen-bond acceptors (Lipinski definition) is 5. The van der Waals surface area contributed by atoms with Crippen LogP contribution in [0, 0.1) is 5.92 Å². The van der Waals surface area contributed by atoms with E-state index in [1.165, 1.54) is 0 Å². The van der Waals surface area contributed by atoms with Crippen molar-refractivity contribution in [2.24, 2.45) is 5.92 Å². The Balaban J connectivity index is 1.73. The van der Waals surface area contributed by atoms with E-state index in [4.69, 9.17) is 16.3 Å². The van der Waals surface area contributed by atoms with Crippen molar-refractivity contribution in [1.82, 2.24) is 25.1 Å². The number of hydrogen-bond donors (Lipinski definition) is 2. The van der Waals surface area contributed by atoms with Crippen molar-refractivity contribution in [3.63, 3.8) is 0 Å². The van der Waals surface area contributed by atoms with Gasteiger partial charge in [0.05, 0.1) is 24.5 Å². The number of nitrogens with zero attached hydrogens (tertiary/aromatic N) is 3. The van der Waals surface area contributed by atoms with E-state index in [0.29, 0.717) is 48.8 Å². The molecule has 2 heterocycles. The van der Waals surface area contributed by atoms with Crippen LogP contribution in [0.2, 0.25) is 5.02 Å². The molecule has 1 aliphatic heterocycles. The molecule has 0 saturated heterocycles. The van der Waals surface area contributed by atoms with Gasteiger partial charge in [0.2, 0.25) is 11.8 Å². The lowest BCUT2D eigenvalue weighted by atomic mass is 10.1. The quantitative estimate of drug-likeness (QED) is 0.686. The smallest absolute Gasteiger partial charge is 0.255 e. The average molecular weight is 490 g/mol. The van der Waals surface area contributed by atoms with Gasteiger partial charge < -0.3 is 24.8 Å². The zero-order valence-electron chi connectivity index (χ0n) is 19.6. The number of rotatable bonds is 4. The van der Waals surface area contributed by atoms with Crippen LogP contribution in [0.25, 0.3) is 0 Å². The minimum absolute atomic E-state index is 0.0233. The molecule has 2 N–H and O–H groups in total.